The van der Waals surface area contributed by atoms with Gasteiger partial charge >= 0.3 is 0 Å². The van der Waals surface area contributed by atoms with E-state index in [1.54, 1.807) is 0 Å². The Balaban J connectivity index is 0.00000144. The molecule has 0 amide bonds. The van der Waals surface area contributed by atoms with Gasteiger partial charge in [0, 0.05) is 32.7 Å². The second kappa shape index (κ2) is 4.86. The van der Waals surface area contributed by atoms with E-state index in [1.807, 2.05) is 0 Å². The fourth-order valence-electron chi connectivity index (χ4n) is 2.28. The maximum absolute atomic E-state index is 3.57. The van der Waals surface area contributed by atoms with Gasteiger partial charge in [0.2, 0.25) is 0 Å². The second-order valence-electron chi connectivity index (χ2n) is 5.33. The molecule has 0 aromatic heterocycles. The van der Waals surface area contributed by atoms with Gasteiger partial charge in [-0.05, 0) is 43.1 Å². The summed E-state index contributed by atoms with van der Waals surface area (Å²) >= 11 is 0. The van der Waals surface area contributed by atoms with Crippen LogP contribution in [0.4, 0.5) is 5.69 Å². The molecule has 0 saturated carbocycles. The minimum absolute atomic E-state index is 0. The van der Waals surface area contributed by atoms with Crippen molar-refractivity contribution in [3.05, 3.63) is 33.9 Å². The molecule has 1 aromatic rings. The van der Waals surface area contributed by atoms with Crippen LogP contribution < -0.4 is 5.32 Å². The Bertz CT molecular complexity index is 484. The summed E-state index contributed by atoms with van der Waals surface area (Å²) in [7, 11) is 0. The zero-order valence-electron chi connectivity index (χ0n) is 11.7. The molecule has 1 aromatic carbocycles. The molecule has 1 aliphatic rings. The molecule has 0 spiro atoms. The standard InChI is InChI=1S/C15H20N.Y/c1-9-10(2)12(4)14-13(11(9)3)7-8-15(5,6)16-14;/h7,16H,1-6H3;/q-1;. The second-order valence-corrected chi connectivity index (χ2v) is 5.33. The molecule has 2 rings (SSSR count). The van der Waals surface area contributed by atoms with E-state index in [4.69, 9.17) is 0 Å². The molecular formula is C15H20NY-. The average Bonchev–Trinajstić information content (AvgIpc) is 2.22. The SMILES string of the molecule is Cc1c(C)c(C)c2c(c1C)C=[C-]C(C)(C)N2.[Y]. The van der Waals surface area contributed by atoms with Crippen molar-refractivity contribution in [2.45, 2.75) is 47.1 Å². The molecule has 0 fully saturated rings. The van der Waals surface area contributed by atoms with Gasteiger partial charge in [-0.2, -0.15) is 0 Å². The summed E-state index contributed by atoms with van der Waals surface area (Å²) in [5, 5.41) is 3.57. The minimum atomic E-state index is -0.0636. The van der Waals surface area contributed by atoms with Gasteiger partial charge in [0.05, 0.1) is 0 Å². The number of nitrogens with one attached hydrogen (secondary N) is 1. The topological polar surface area (TPSA) is 12.0 Å². The van der Waals surface area contributed by atoms with Crippen LogP contribution in [0.5, 0.6) is 0 Å². The van der Waals surface area contributed by atoms with Crippen LogP contribution >= 0.6 is 0 Å². The van der Waals surface area contributed by atoms with Crippen molar-refractivity contribution < 1.29 is 32.7 Å². The molecule has 1 heterocycles. The first-order valence-electron chi connectivity index (χ1n) is 5.83. The number of fused-ring (bicyclic) bond motifs is 1. The molecule has 0 unspecified atom stereocenters. The fourth-order valence-corrected chi connectivity index (χ4v) is 2.28. The van der Waals surface area contributed by atoms with Gasteiger partial charge in [-0.3, -0.25) is 0 Å². The Morgan fingerprint density at radius 2 is 1.47 bits per heavy atom. The molecule has 0 saturated heterocycles. The quantitative estimate of drug-likeness (QED) is 0.716. The first kappa shape index (κ1) is 14.9. The van der Waals surface area contributed by atoms with E-state index in [1.165, 1.54) is 33.5 Å². The number of rotatable bonds is 0. The van der Waals surface area contributed by atoms with E-state index in [0.29, 0.717) is 0 Å². The van der Waals surface area contributed by atoms with Gasteiger partial charge in [0.25, 0.3) is 0 Å². The van der Waals surface area contributed by atoms with E-state index < -0.39 is 0 Å². The van der Waals surface area contributed by atoms with Crippen molar-refractivity contribution in [1.82, 2.24) is 0 Å². The Morgan fingerprint density at radius 3 is 2.06 bits per heavy atom. The van der Waals surface area contributed by atoms with Crippen LogP contribution in [0.2, 0.25) is 0 Å². The molecule has 2 heteroatoms. The van der Waals surface area contributed by atoms with Gasteiger partial charge in [0.15, 0.2) is 0 Å². The van der Waals surface area contributed by atoms with Gasteiger partial charge in [0.1, 0.15) is 0 Å². The van der Waals surface area contributed by atoms with Gasteiger partial charge in [-0.15, -0.1) is 11.1 Å². The minimum Gasteiger partial charge on any atom is -0.407 e. The number of hydrogen-bond acceptors (Lipinski definition) is 1. The maximum Gasteiger partial charge on any atom is 0 e. The Hall–Kier alpha value is -0.136. The summed E-state index contributed by atoms with van der Waals surface area (Å²) in [6.45, 7) is 13.1. The van der Waals surface area contributed by atoms with Crippen LogP contribution in [-0.2, 0) is 32.7 Å². The van der Waals surface area contributed by atoms with E-state index in [9.17, 15) is 0 Å². The van der Waals surface area contributed by atoms with Crippen LogP contribution in [-0.4, -0.2) is 5.54 Å². The molecule has 0 bridgehead atoms. The Labute approximate surface area is 130 Å². The van der Waals surface area contributed by atoms with Crippen LogP contribution in [0.3, 0.4) is 0 Å². The third-order valence-electron chi connectivity index (χ3n) is 3.75. The van der Waals surface area contributed by atoms with Crippen LogP contribution in [0.15, 0.2) is 0 Å². The number of anilines is 1. The molecule has 1 N–H and O–H groups in total. The summed E-state index contributed by atoms with van der Waals surface area (Å²) in [6, 6.07) is 0. The Morgan fingerprint density at radius 1 is 0.941 bits per heavy atom. The van der Waals surface area contributed by atoms with Crippen molar-refractivity contribution >= 4 is 11.8 Å². The van der Waals surface area contributed by atoms with E-state index in [-0.39, 0.29) is 38.2 Å². The molecule has 17 heavy (non-hydrogen) atoms. The summed E-state index contributed by atoms with van der Waals surface area (Å²) in [5.74, 6) is 0. The van der Waals surface area contributed by atoms with E-state index >= 15 is 0 Å². The predicted molar refractivity (Wildman–Crippen MR) is 70.8 cm³/mol. The molecule has 1 nitrogen and oxygen atoms in total. The number of benzene rings is 1. The van der Waals surface area contributed by atoms with Crippen molar-refractivity contribution in [2.75, 3.05) is 5.32 Å². The van der Waals surface area contributed by atoms with Crippen molar-refractivity contribution in [1.29, 1.82) is 0 Å². The van der Waals surface area contributed by atoms with E-state index in [2.05, 4.69) is 59.0 Å². The summed E-state index contributed by atoms with van der Waals surface area (Å²) < 4.78 is 0. The van der Waals surface area contributed by atoms with Crippen molar-refractivity contribution in [3.63, 3.8) is 0 Å². The zero-order valence-corrected chi connectivity index (χ0v) is 14.5. The summed E-state index contributed by atoms with van der Waals surface area (Å²) in [4.78, 5) is 0. The zero-order chi connectivity index (χ0) is 12.1. The molecule has 0 aliphatic carbocycles. The largest absolute Gasteiger partial charge is 0.407 e. The van der Waals surface area contributed by atoms with Gasteiger partial charge in [-0.1, -0.05) is 26.3 Å². The van der Waals surface area contributed by atoms with Crippen molar-refractivity contribution in [2.24, 2.45) is 0 Å². The first-order valence-corrected chi connectivity index (χ1v) is 5.83. The number of hydrogen-bond donors (Lipinski definition) is 1. The van der Waals surface area contributed by atoms with Crippen LogP contribution in [0.25, 0.3) is 6.08 Å². The van der Waals surface area contributed by atoms with Crippen LogP contribution in [0.1, 0.15) is 41.7 Å². The predicted octanol–water partition coefficient (Wildman–Crippen LogP) is 3.94. The molecule has 1 radical (unpaired) electrons. The van der Waals surface area contributed by atoms with Crippen molar-refractivity contribution in [3.8, 4) is 0 Å². The smallest absolute Gasteiger partial charge is 0 e. The molecular weight excluding hydrogens is 283 g/mol. The van der Waals surface area contributed by atoms with Gasteiger partial charge < -0.3 is 5.32 Å². The summed E-state index contributed by atoms with van der Waals surface area (Å²) in [6.07, 6.45) is 5.53. The average molecular weight is 303 g/mol. The monoisotopic (exact) mass is 303 g/mol. The summed E-state index contributed by atoms with van der Waals surface area (Å²) in [5.41, 5.74) is 8.05. The first-order chi connectivity index (χ1) is 7.33. The normalized spacial score (nSPS) is 15.9. The van der Waals surface area contributed by atoms with E-state index in [0.717, 1.165) is 0 Å². The molecule has 89 valence electrons. The van der Waals surface area contributed by atoms with Gasteiger partial charge in [-0.25, -0.2) is 12.2 Å². The van der Waals surface area contributed by atoms with Crippen LogP contribution in [0, 0.1) is 33.8 Å². The molecule has 1 aliphatic heterocycles. The third kappa shape index (κ3) is 2.51. The fraction of sp³-hybridized carbons (Fsp3) is 0.467. The maximum atomic E-state index is 3.57. The Kier molecular flexibility index (Phi) is 4.26. The third-order valence-corrected chi connectivity index (χ3v) is 3.75. The molecule has 0 atom stereocenters.